The van der Waals surface area contributed by atoms with Crippen LogP contribution in [0.4, 0.5) is 4.79 Å². The molecule has 180 valence electrons. The predicted molar refractivity (Wildman–Crippen MR) is 127 cm³/mol. The van der Waals surface area contributed by atoms with Crippen molar-refractivity contribution in [2.75, 3.05) is 6.54 Å². The maximum absolute atomic E-state index is 13.1. The number of amides is 3. The number of Topliss-reactive ketones (excluding diaryl/α,β-unsaturated/α-hetero) is 1. The molecule has 0 spiro atoms. The van der Waals surface area contributed by atoms with Gasteiger partial charge in [-0.25, -0.2) is 4.79 Å². The number of ether oxygens (including phenoxy) is 1. The Hall–Kier alpha value is -3.68. The summed E-state index contributed by atoms with van der Waals surface area (Å²) in [6.07, 6.45) is 0.396. The molecule has 34 heavy (non-hydrogen) atoms. The Balaban J connectivity index is 1.68. The topological polar surface area (TPSA) is 114 Å². The van der Waals surface area contributed by atoms with Gasteiger partial charge < -0.3 is 20.7 Å². The number of benzene rings is 2. The Morgan fingerprint density at radius 1 is 1.03 bits per heavy atom. The quantitative estimate of drug-likeness (QED) is 0.543. The van der Waals surface area contributed by atoms with Gasteiger partial charge in [0, 0.05) is 13.0 Å². The summed E-state index contributed by atoms with van der Waals surface area (Å²) in [5.41, 5.74) is 2.70. The van der Waals surface area contributed by atoms with Crippen LogP contribution < -0.4 is 16.0 Å². The lowest BCUT2D eigenvalue weighted by Gasteiger charge is -2.23. The molecule has 3 amide bonds. The number of hydrogen-bond acceptors (Lipinski definition) is 5. The first-order valence-electron chi connectivity index (χ1n) is 11.5. The predicted octanol–water partition coefficient (Wildman–Crippen LogP) is 2.30. The normalized spacial score (nSPS) is 16.9. The second kappa shape index (κ2) is 12.0. The van der Waals surface area contributed by atoms with E-state index in [2.05, 4.69) is 16.0 Å². The first kappa shape index (κ1) is 25.0. The van der Waals surface area contributed by atoms with E-state index in [4.69, 9.17) is 4.74 Å². The molecule has 0 aliphatic carbocycles. The minimum Gasteiger partial charge on any atom is -0.445 e. The second-order valence-corrected chi connectivity index (χ2v) is 8.84. The van der Waals surface area contributed by atoms with Crippen molar-refractivity contribution in [3.05, 3.63) is 71.3 Å². The van der Waals surface area contributed by atoms with Crippen molar-refractivity contribution >= 4 is 23.7 Å². The summed E-state index contributed by atoms with van der Waals surface area (Å²) < 4.78 is 5.25. The van der Waals surface area contributed by atoms with Gasteiger partial charge in [0.15, 0.2) is 0 Å². The summed E-state index contributed by atoms with van der Waals surface area (Å²) in [5, 5.41) is 7.91. The highest BCUT2D eigenvalue weighted by molar-refractivity contribution is 6.38. The molecule has 8 nitrogen and oxygen atoms in total. The summed E-state index contributed by atoms with van der Waals surface area (Å²) in [6, 6.07) is 14.9. The average Bonchev–Trinajstić information content (AvgIpc) is 2.86. The van der Waals surface area contributed by atoms with Crippen molar-refractivity contribution in [1.82, 2.24) is 16.0 Å². The van der Waals surface area contributed by atoms with Crippen LogP contribution in [0.3, 0.4) is 0 Å². The van der Waals surface area contributed by atoms with E-state index in [9.17, 15) is 19.2 Å². The molecule has 0 fully saturated rings. The highest BCUT2D eigenvalue weighted by Gasteiger charge is 2.31. The number of ketones is 1. The first-order valence-corrected chi connectivity index (χ1v) is 11.5. The molecular formula is C26H31N3O5. The van der Waals surface area contributed by atoms with E-state index in [1.807, 2.05) is 68.4 Å². The highest BCUT2D eigenvalue weighted by Crippen LogP contribution is 2.12. The summed E-state index contributed by atoms with van der Waals surface area (Å²) in [6.45, 7) is 4.24. The molecular weight excluding hydrogens is 434 g/mol. The van der Waals surface area contributed by atoms with E-state index >= 15 is 0 Å². The van der Waals surface area contributed by atoms with Crippen molar-refractivity contribution in [2.45, 2.75) is 51.8 Å². The molecule has 2 bridgehead atoms. The molecule has 2 unspecified atom stereocenters. The maximum atomic E-state index is 13.1. The fourth-order valence-corrected chi connectivity index (χ4v) is 3.73. The molecule has 8 heteroatoms. The van der Waals surface area contributed by atoms with Crippen molar-refractivity contribution < 1.29 is 23.9 Å². The van der Waals surface area contributed by atoms with E-state index < -0.39 is 35.8 Å². The lowest BCUT2D eigenvalue weighted by molar-refractivity contribution is -0.140. The van der Waals surface area contributed by atoms with Gasteiger partial charge in [-0.15, -0.1) is 0 Å². The second-order valence-electron chi connectivity index (χ2n) is 8.84. The zero-order chi connectivity index (χ0) is 24.5. The number of nitrogens with one attached hydrogen (secondary N) is 3. The highest BCUT2D eigenvalue weighted by atomic mass is 16.5. The third-order valence-electron chi connectivity index (χ3n) is 5.55. The van der Waals surface area contributed by atoms with Gasteiger partial charge >= 0.3 is 6.09 Å². The van der Waals surface area contributed by atoms with Crippen LogP contribution in [0.25, 0.3) is 0 Å². The van der Waals surface area contributed by atoms with Gasteiger partial charge in [-0.3, -0.25) is 14.4 Å². The van der Waals surface area contributed by atoms with Gasteiger partial charge in [0.2, 0.25) is 11.7 Å². The van der Waals surface area contributed by atoms with E-state index in [1.54, 1.807) is 0 Å². The SMILES string of the molecule is CC(C)CC(NC(=O)OCc1ccccc1)C(=O)NC1Cc2ccc(cc2)CCNC(=O)C1=O. The Labute approximate surface area is 199 Å². The fraction of sp³-hybridized carbons (Fsp3) is 0.385. The summed E-state index contributed by atoms with van der Waals surface area (Å²) in [4.78, 5) is 50.7. The molecule has 2 aromatic rings. The van der Waals surface area contributed by atoms with Crippen LogP contribution >= 0.6 is 0 Å². The molecule has 2 aliphatic heterocycles. The van der Waals surface area contributed by atoms with Crippen molar-refractivity contribution in [3.8, 4) is 0 Å². The third kappa shape index (κ3) is 7.43. The smallest absolute Gasteiger partial charge is 0.408 e. The van der Waals surface area contributed by atoms with E-state index in [1.165, 1.54) is 0 Å². The largest absolute Gasteiger partial charge is 0.445 e. The molecule has 0 radical (unpaired) electrons. The molecule has 3 N–H and O–H groups in total. The zero-order valence-corrected chi connectivity index (χ0v) is 19.5. The molecule has 2 heterocycles. The molecule has 2 aliphatic rings. The Morgan fingerprint density at radius 3 is 2.38 bits per heavy atom. The molecule has 2 atom stereocenters. The van der Waals surface area contributed by atoms with Crippen LogP contribution in [0.2, 0.25) is 0 Å². The Bertz CT molecular complexity index is 1000. The van der Waals surface area contributed by atoms with Gasteiger partial charge in [-0.05, 0) is 35.4 Å². The molecule has 0 aromatic heterocycles. The monoisotopic (exact) mass is 465 g/mol. The third-order valence-corrected chi connectivity index (χ3v) is 5.55. The summed E-state index contributed by atoms with van der Waals surface area (Å²) in [7, 11) is 0. The average molecular weight is 466 g/mol. The minimum absolute atomic E-state index is 0.0694. The lowest BCUT2D eigenvalue weighted by Crippen LogP contribution is -2.55. The van der Waals surface area contributed by atoms with Crippen LogP contribution in [-0.2, 0) is 38.6 Å². The fourth-order valence-electron chi connectivity index (χ4n) is 3.73. The Kier molecular flexibility index (Phi) is 8.79. The maximum Gasteiger partial charge on any atom is 0.408 e. The van der Waals surface area contributed by atoms with Crippen molar-refractivity contribution in [3.63, 3.8) is 0 Å². The van der Waals surface area contributed by atoms with E-state index in [-0.39, 0.29) is 18.9 Å². The van der Waals surface area contributed by atoms with Gasteiger partial charge in [-0.1, -0.05) is 68.4 Å². The standard InChI is InChI=1S/C26H31N3O5/c1-17(2)14-22(29-26(33)34-16-20-6-4-3-5-7-20)24(31)28-21-15-19-10-8-18(9-11-19)12-13-27-25(32)23(21)30/h3-11,17,21-22H,12-16H2,1-2H3,(H,27,32)(H,28,31)(H,29,33). The van der Waals surface area contributed by atoms with Gasteiger partial charge in [-0.2, -0.15) is 0 Å². The van der Waals surface area contributed by atoms with Gasteiger partial charge in [0.1, 0.15) is 18.7 Å². The molecule has 2 aromatic carbocycles. The number of alkyl carbamates (subject to hydrolysis) is 1. The van der Waals surface area contributed by atoms with Crippen LogP contribution in [-0.4, -0.2) is 42.3 Å². The molecule has 0 saturated carbocycles. The van der Waals surface area contributed by atoms with Crippen LogP contribution in [0.15, 0.2) is 54.6 Å². The number of fused-ring (bicyclic) bond motifs is 8. The number of carbonyl (C=O) groups is 4. The van der Waals surface area contributed by atoms with Crippen molar-refractivity contribution in [2.24, 2.45) is 5.92 Å². The van der Waals surface area contributed by atoms with E-state index in [0.29, 0.717) is 19.4 Å². The first-order chi connectivity index (χ1) is 16.3. The van der Waals surface area contributed by atoms with Crippen LogP contribution in [0.5, 0.6) is 0 Å². The number of hydrogen-bond donors (Lipinski definition) is 3. The van der Waals surface area contributed by atoms with Crippen molar-refractivity contribution in [1.29, 1.82) is 0 Å². The van der Waals surface area contributed by atoms with Crippen LogP contribution in [0, 0.1) is 5.92 Å². The van der Waals surface area contributed by atoms with Gasteiger partial charge in [0.05, 0.1) is 0 Å². The Morgan fingerprint density at radius 2 is 1.71 bits per heavy atom. The molecule has 0 saturated heterocycles. The number of carbonyl (C=O) groups excluding carboxylic acids is 4. The minimum atomic E-state index is -1.05. The zero-order valence-electron chi connectivity index (χ0n) is 19.5. The summed E-state index contributed by atoms with van der Waals surface area (Å²) in [5.74, 6) is -1.90. The van der Waals surface area contributed by atoms with Crippen LogP contribution in [0.1, 0.15) is 37.0 Å². The van der Waals surface area contributed by atoms with Gasteiger partial charge in [0.25, 0.3) is 5.91 Å². The molecule has 4 rings (SSSR count). The number of rotatable bonds is 7. The summed E-state index contributed by atoms with van der Waals surface area (Å²) >= 11 is 0. The lowest BCUT2D eigenvalue weighted by atomic mass is 9.99. The van der Waals surface area contributed by atoms with E-state index in [0.717, 1.165) is 16.7 Å².